The molecule has 0 aromatic heterocycles. The fourth-order valence-electron chi connectivity index (χ4n) is 6.33. The molecule has 3 aromatic rings. The van der Waals surface area contributed by atoms with Crippen molar-refractivity contribution < 1.29 is 40.2 Å². The Morgan fingerprint density at radius 2 is 1.21 bits per heavy atom. The van der Waals surface area contributed by atoms with E-state index in [9.17, 15) is 22.0 Å². The Balaban J connectivity index is 1.19. The van der Waals surface area contributed by atoms with Crippen LogP contribution < -0.4 is 9.47 Å². The lowest BCUT2D eigenvalue weighted by Gasteiger charge is -2.33. The monoisotopic (exact) mass is 594 g/mol. The summed E-state index contributed by atoms with van der Waals surface area (Å²) in [7, 11) is 0. The van der Waals surface area contributed by atoms with Crippen LogP contribution in [0.15, 0.2) is 60.7 Å². The van der Waals surface area contributed by atoms with Gasteiger partial charge in [0.05, 0.1) is 5.92 Å². The van der Waals surface area contributed by atoms with Crippen LogP contribution in [0.3, 0.4) is 0 Å². The lowest BCUT2D eigenvalue weighted by atomic mass is 9.77. The smallest absolute Gasteiger partial charge is 0.432 e. The minimum atomic E-state index is -4.89. The van der Waals surface area contributed by atoms with E-state index >= 15 is 8.78 Å². The number of halogens is 7. The predicted octanol–water partition coefficient (Wildman–Crippen LogP) is 10.8. The van der Waals surface area contributed by atoms with Crippen LogP contribution in [0.5, 0.6) is 11.5 Å². The average Bonchev–Trinajstić information content (AvgIpc) is 2.94. The number of benzene rings is 3. The third-order valence-electron chi connectivity index (χ3n) is 8.75. The van der Waals surface area contributed by atoms with Gasteiger partial charge in [0.25, 0.3) is 0 Å². The van der Waals surface area contributed by atoms with Crippen LogP contribution in [0.2, 0.25) is 0 Å². The highest BCUT2D eigenvalue weighted by Gasteiger charge is 2.44. The van der Waals surface area contributed by atoms with Crippen LogP contribution in [0, 0.1) is 23.5 Å². The van der Waals surface area contributed by atoms with E-state index in [2.05, 4.69) is 11.7 Å². The molecule has 0 aliphatic heterocycles. The Bertz CT molecular complexity index is 1350. The van der Waals surface area contributed by atoms with Crippen molar-refractivity contribution in [1.29, 1.82) is 0 Å². The topological polar surface area (TPSA) is 18.5 Å². The molecule has 0 atom stereocenters. The first-order chi connectivity index (χ1) is 19.9. The van der Waals surface area contributed by atoms with Crippen molar-refractivity contribution in [3.63, 3.8) is 0 Å². The third-order valence-corrected chi connectivity index (χ3v) is 8.75. The van der Waals surface area contributed by atoms with Gasteiger partial charge in [-0.3, -0.25) is 0 Å². The molecular weight excluding hydrogens is 561 g/mol. The van der Waals surface area contributed by atoms with E-state index in [1.807, 2.05) is 6.07 Å². The van der Waals surface area contributed by atoms with Crippen LogP contribution in [-0.2, 0) is 0 Å². The molecule has 2 aliphatic rings. The zero-order valence-electron chi connectivity index (χ0n) is 23.2. The Morgan fingerprint density at radius 3 is 1.79 bits per heavy atom. The number of ether oxygens (including phenoxy) is 2. The SMILES string of the molecule is CC1CCC(c2ccc(-c3ccc(C4CCC(C(F)(F)Oc5ccc(OC(F)(F)F)cc5)CC4)c(F)c3)c(F)c2)CC1. The molecule has 2 saturated carbocycles. The maximum Gasteiger partial charge on any atom is 0.573 e. The van der Waals surface area contributed by atoms with E-state index in [1.54, 1.807) is 24.3 Å². The molecular formula is C33H33F7O2. The minimum absolute atomic E-state index is 0.0736. The Hall–Kier alpha value is -3.23. The van der Waals surface area contributed by atoms with Crippen LogP contribution >= 0.6 is 0 Å². The van der Waals surface area contributed by atoms with Crippen LogP contribution in [0.4, 0.5) is 30.7 Å². The lowest BCUT2D eigenvalue weighted by Crippen LogP contribution is -2.37. The molecule has 0 bridgehead atoms. The minimum Gasteiger partial charge on any atom is -0.432 e. The molecule has 2 aliphatic carbocycles. The van der Waals surface area contributed by atoms with E-state index < -0.39 is 30.0 Å². The number of hydrogen-bond donors (Lipinski definition) is 0. The molecule has 2 nitrogen and oxygen atoms in total. The maximum atomic E-state index is 15.2. The quantitative estimate of drug-likeness (QED) is 0.253. The molecule has 0 unspecified atom stereocenters. The van der Waals surface area contributed by atoms with Crippen LogP contribution in [0.1, 0.15) is 81.3 Å². The zero-order valence-corrected chi connectivity index (χ0v) is 23.2. The summed E-state index contributed by atoms with van der Waals surface area (Å²) in [5.41, 5.74) is 2.14. The van der Waals surface area contributed by atoms with E-state index in [0.717, 1.165) is 55.5 Å². The number of rotatable bonds is 7. The van der Waals surface area contributed by atoms with Crippen LogP contribution in [-0.4, -0.2) is 12.5 Å². The van der Waals surface area contributed by atoms with Gasteiger partial charge in [-0.15, -0.1) is 13.2 Å². The van der Waals surface area contributed by atoms with Crippen LogP contribution in [0.25, 0.3) is 11.1 Å². The van der Waals surface area contributed by atoms with Gasteiger partial charge in [0.2, 0.25) is 0 Å². The average molecular weight is 595 g/mol. The van der Waals surface area contributed by atoms with Gasteiger partial charge in [-0.2, -0.15) is 8.78 Å². The molecule has 0 saturated heterocycles. The Labute approximate surface area is 240 Å². The highest BCUT2D eigenvalue weighted by Crippen LogP contribution is 2.44. The van der Waals surface area contributed by atoms with Gasteiger partial charge in [0.1, 0.15) is 23.1 Å². The zero-order chi connectivity index (χ0) is 30.1. The van der Waals surface area contributed by atoms with Gasteiger partial charge in [0.15, 0.2) is 0 Å². The molecule has 0 N–H and O–H groups in total. The first-order valence-electron chi connectivity index (χ1n) is 14.4. The lowest BCUT2D eigenvalue weighted by molar-refractivity contribution is -0.274. The first-order valence-corrected chi connectivity index (χ1v) is 14.4. The second-order valence-corrected chi connectivity index (χ2v) is 11.7. The fourth-order valence-corrected chi connectivity index (χ4v) is 6.33. The summed E-state index contributed by atoms with van der Waals surface area (Å²) in [6.07, 6.45) is -3.35. The highest BCUT2D eigenvalue weighted by molar-refractivity contribution is 5.65. The summed E-state index contributed by atoms with van der Waals surface area (Å²) in [5.74, 6) is -2.08. The van der Waals surface area contributed by atoms with Crippen molar-refractivity contribution in [3.05, 3.63) is 83.4 Å². The molecule has 2 fully saturated rings. The fraction of sp³-hybridized carbons (Fsp3) is 0.455. The van der Waals surface area contributed by atoms with Crippen molar-refractivity contribution in [2.45, 2.75) is 82.6 Å². The molecule has 226 valence electrons. The van der Waals surface area contributed by atoms with E-state index in [-0.39, 0.29) is 30.3 Å². The second kappa shape index (κ2) is 12.2. The largest absolute Gasteiger partial charge is 0.573 e. The molecule has 9 heteroatoms. The second-order valence-electron chi connectivity index (χ2n) is 11.7. The summed E-state index contributed by atoms with van der Waals surface area (Å²) in [5, 5.41) is 0. The van der Waals surface area contributed by atoms with Gasteiger partial charge in [-0.05, 0) is 109 Å². The van der Waals surface area contributed by atoms with E-state index in [4.69, 9.17) is 4.74 Å². The van der Waals surface area contributed by atoms with Gasteiger partial charge in [-0.1, -0.05) is 44.0 Å². The van der Waals surface area contributed by atoms with E-state index in [0.29, 0.717) is 41.4 Å². The Kier molecular flexibility index (Phi) is 8.76. The van der Waals surface area contributed by atoms with E-state index in [1.165, 1.54) is 6.07 Å². The Morgan fingerprint density at radius 1 is 0.619 bits per heavy atom. The van der Waals surface area contributed by atoms with Gasteiger partial charge < -0.3 is 9.47 Å². The number of alkyl halides is 5. The summed E-state index contributed by atoms with van der Waals surface area (Å²) < 4.78 is 106. The highest BCUT2D eigenvalue weighted by atomic mass is 19.4. The molecule has 3 aromatic carbocycles. The van der Waals surface area contributed by atoms with Crippen molar-refractivity contribution in [3.8, 4) is 22.6 Å². The molecule has 0 heterocycles. The molecule has 5 rings (SSSR count). The third kappa shape index (κ3) is 7.21. The number of hydrogen-bond acceptors (Lipinski definition) is 2. The molecule has 0 radical (unpaired) electrons. The molecule has 42 heavy (non-hydrogen) atoms. The van der Waals surface area contributed by atoms with Gasteiger partial charge in [0, 0.05) is 5.56 Å². The normalized spacial score (nSPS) is 23.4. The summed E-state index contributed by atoms with van der Waals surface area (Å²) in [6.45, 7) is 2.24. The van der Waals surface area contributed by atoms with Crippen molar-refractivity contribution in [1.82, 2.24) is 0 Å². The van der Waals surface area contributed by atoms with Crippen molar-refractivity contribution in [2.24, 2.45) is 11.8 Å². The summed E-state index contributed by atoms with van der Waals surface area (Å²) in [6, 6.07) is 13.6. The van der Waals surface area contributed by atoms with Crippen molar-refractivity contribution in [2.75, 3.05) is 0 Å². The predicted molar refractivity (Wildman–Crippen MR) is 146 cm³/mol. The van der Waals surface area contributed by atoms with Gasteiger partial charge >= 0.3 is 12.5 Å². The summed E-state index contributed by atoms with van der Waals surface area (Å²) in [4.78, 5) is 0. The van der Waals surface area contributed by atoms with Crippen molar-refractivity contribution >= 4 is 0 Å². The standard InChI is InChI=1S/C33H33F7O2/c1-20-2-4-21(5-3-20)23-8-16-29(30(34)18-23)24-9-17-28(31(35)19-24)22-6-10-25(11-7-22)32(36,37)41-26-12-14-27(15-13-26)42-33(38,39)40/h8-9,12-22,25H,2-7,10-11H2,1H3. The summed E-state index contributed by atoms with van der Waals surface area (Å²) >= 11 is 0. The molecule has 0 amide bonds. The van der Waals surface area contributed by atoms with Gasteiger partial charge in [-0.25, -0.2) is 8.78 Å². The first kappa shape index (κ1) is 30.2. The maximum absolute atomic E-state index is 15.2. The molecule has 0 spiro atoms.